The number of imide groups is 2. The molecule has 1 aliphatic carbocycles. The van der Waals surface area contributed by atoms with Crippen LogP contribution in [0, 0.1) is 0 Å². The molecule has 1 saturated carbocycles. The van der Waals surface area contributed by atoms with Gasteiger partial charge in [0, 0.05) is 32.2 Å². The molecule has 0 unspecified atom stereocenters. The predicted molar refractivity (Wildman–Crippen MR) is 106 cm³/mol. The van der Waals surface area contributed by atoms with Gasteiger partial charge >= 0.3 is 17.8 Å². The molecule has 0 radical (unpaired) electrons. The zero-order valence-electron chi connectivity index (χ0n) is 15.6. The molecule has 3 heterocycles. The second-order valence-electron chi connectivity index (χ2n) is 7.35. The summed E-state index contributed by atoms with van der Waals surface area (Å²) in [5.41, 5.74) is 0. The topological polar surface area (TPSA) is 98.3 Å². The van der Waals surface area contributed by atoms with Crippen LogP contribution in [-0.2, 0) is 19.6 Å². The number of hydrogen-bond acceptors (Lipinski definition) is 7. The summed E-state index contributed by atoms with van der Waals surface area (Å²) >= 11 is 6.86. The summed E-state index contributed by atoms with van der Waals surface area (Å²) in [6, 6.07) is 2.28. The Bertz CT molecular complexity index is 935. The van der Waals surface area contributed by atoms with E-state index in [2.05, 4.69) is 0 Å². The molecule has 0 aromatic carbocycles. The molecule has 2 aliphatic heterocycles. The van der Waals surface area contributed by atoms with Crippen molar-refractivity contribution in [3.8, 4) is 0 Å². The maximum atomic E-state index is 12.7. The first-order chi connectivity index (χ1) is 13.8. The van der Waals surface area contributed by atoms with Crippen LogP contribution in [0.2, 0.25) is 4.34 Å². The van der Waals surface area contributed by atoms with Gasteiger partial charge in [0.15, 0.2) is 0 Å². The quantitative estimate of drug-likeness (QED) is 0.486. The Labute approximate surface area is 177 Å². The van der Waals surface area contributed by atoms with E-state index in [0.29, 0.717) is 17.4 Å². The van der Waals surface area contributed by atoms with Crippen LogP contribution in [0.5, 0.6) is 0 Å². The fourth-order valence-corrected chi connectivity index (χ4v) is 7.07. The van der Waals surface area contributed by atoms with E-state index in [1.165, 1.54) is 10.4 Å². The number of carbonyl (C=O) groups is 3. The number of amides is 4. The third kappa shape index (κ3) is 3.81. The summed E-state index contributed by atoms with van der Waals surface area (Å²) in [7, 11) is -3.61. The van der Waals surface area contributed by atoms with E-state index >= 15 is 0 Å². The number of urea groups is 1. The third-order valence-corrected chi connectivity index (χ3v) is 9.19. The van der Waals surface area contributed by atoms with Crippen molar-refractivity contribution in [2.75, 3.05) is 32.8 Å². The average Bonchev–Trinajstić information content (AvgIpc) is 3.41. The van der Waals surface area contributed by atoms with Crippen LogP contribution in [-0.4, -0.2) is 84.2 Å². The Balaban J connectivity index is 1.38. The van der Waals surface area contributed by atoms with Gasteiger partial charge in [0.1, 0.15) is 4.21 Å². The standard InChI is InChI=1S/C17H21ClN4O5S2/c18-13-5-6-14(28-13)29(26,27)20-9-7-19(8-10-20)11-21-15(23)16(24)22(17(21)25)12-3-1-2-4-12/h5-6,12H,1-4,7-11H2. The number of sulfonamides is 1. The molecule has 29 heavy (non-hydrogen) atoms. The number of halogens is 1. The smallest absolute Gasteiger partial charge is 0.283 e. The van der Waals surface area contributed by atoms with Gasteiger partial charge in [0.05, 0.1) is 11.0 Å². The SMILES string of the molecule is O=C1C(=O)N(C2CCCC2)C(=O)N1CN1CCN(S(=O)(=O)c2ccc(Cl)s2)CC1. The lowest BCUT2D eigenvalue weighted by Crippen LogP contribution is -2.52. The van der Waals surface area contributed by atoms with Gasteiger partial charge in [-0.2, -0.15) is 4.31 Å². The average molecular weight is 461 g/mol. The molecule has 0 spiro atoms. The van der Waals surface area contributed by atoms with Crippen molar-refractivity contribution in [3.05, 3.63) is 16.5 Å². The fraction of sp³-hybridized carbons (Fsp3) is 0.588. The maximum Gasteiger partial charge on any atom is 0.335 e. The molecule has 12 heteroatoms. The van der Waals surface area contributed by atoms with Gasteiger partial charge in [0.25, 0.3) is 10.0 Å². The summed E-state index contributed by atoms with van der Waals surface area (Å²) in [6.07, 6.45) is 3.37. The summed E-state index contributed by atoms with van der Waals surface area (Å²) in [5.74, 6) is -1.55. The van der Waals surface area contributed by atoms with Crippen LogP contribution in [0.25, 0.3) is 0 Å². The molecule has 1 aromatic rings. The molecule has 158 valence electrons. The van der Waals surface area contributed by atoms with E-state index in [0.717, 1.165) is 46.8 Å². The Morgan fingerprint density at radius 2 is 1.66 bits per heavy atom. The van der Waals surface area contributed by atoms with Gasteiger partial charge in [-0.1, -0.05) is 24.4 Å². The minimum atomic E-state index is -3.61. The van der Waals surface area contributed by atoms with Crippen LogP contribution in [0.15, 0.2) is 16.3 Å². The van der Waals surface area contributed by atoms with Crippen LogP contribution >= 0.6 is 22.9 Å². The van der Waals surface area contributed by atoms with Gasteiger partial charge in [-0.15, -0.1) is 11.3 Å². The largest absolute Gasteiger partial charge is 0.335 e. The molecule has 9 nitrogen and oxygen atoms in total. The highest BCUT2D eigenvalue weighted by atomic mass is 35.5. The second-order valence-corrected chi connectivity index (χ2v) is 11.2. The van der Waals surface area contributed by atoms with Crippen LogP contribution in [0.4, 0.5) is 4.79 Å². The summed E-state index contributed by atoms with van der Waals surface area (Å²) < 4.78 is 27.3. The first-order valence-corrected chi connectivity index (χ1v) is 12.1. The first-order valence-electron chi connectivity index (χ1n) is 9.46. The molecule has 1 aromatic heterocycles. The zero-order valence-corrected chi connectivity index (χ0v) is 18.0. The second kappa shape index (κ2) is 7.95. The molecule has 0 N–H and O–H groups in total. The molecular weight excluding hydrogens is 440 g/mol. The number of hydrogen-bond donors (Lipinski definition) is 0. The van der Waals surface area contributed by atoms with Crippen molar-refractivity contribution in [1.82, 2.24) is 19.0 Å². The third-order valence-electron chi connectivity index (χ3n) is 5.59. The lowest BCUT2D eigenvalue weighted by molar-refractivity contribution is -0.144. The fourth-order valence-electron chi connectivity index (χ4n) is 4.01. The van der Waals surface area contributed by atoms with Gasteiger partial charge < -0.3 is 0 Å². The first kappa shape index (κ1) is 20.7. The highest BCUT2D eigenvalue weighted by Gasteiger charge is 2.48. The predicted octanol–water partition coefficient (Wildman–Crippen LogP) is 1.40. The maximum absolute atomic E-state index is 12.7. The van der Waals surface area contributed by atoms with E-state index < -0.39 is 27.9 Å². The van der Waals surface area contributed by atoms with Crippen molar-refractivity contribution in [2.24, 2.45) is 0 Å². The van der Waals surface area contributed by atoms with E-state index in [1.54, 1.807) is 6.07 Å². The molecule has 4 rings (SSSR count). The van der Waals surface area contributed by atoms with Crippen LogP contribution in [0.1, 0.15) is 25.7 Å². The van der Waals surface area contributed by atoms with E-state index in [-0.39, 0.29) is 30.0 Å². The van der Waals surface area contributed by atoms with Gasteiger partial charge in [0.2, 0.25) is 0 Å². The molecule has 0 atom stereocenters. The number of nitrogens with zero attached hydrogens (tertiary/aromatic N) is 4. The minimum Gasteiger partial charge on any atom is -0.283 e. The number of thiophene rings is 1. The number of carbonyl (C=O) groups excluding carboxylic acids is 3. The van der Waals surface area contributed by atoms with E-state index in [1.807, 2.05) is 4.90 Å². The van der Waals surface area contributed by atoms with Crippen molar-refractivity contribution in [2.45, 2.75) is 35.9 Å². The summed E-state index contributed by atoms with van der Waals surface area (Å²) in [4.78, 5) is 41.2. The molecule has 3 aliphatic rings. The Morgan fingerprint density at radius 1 is 1.00 bits per heavy atom. The summed E-state index contributed by atoms with van der Waals surface area (Å²) in [6.45, 7) is 1.16. The Kier molecular flexibility index (Phi) is 5.68. The summed E-state index contributed by atoms with van der Waals surface area (Å²) in [5, 5.41) is 0. The van der Waals surface area contributed by atoms with Gasteiger partial charge in [-0.3, -0.25) is 19.4 Å². The Hall–Kier alpha value is -1.53. The zero-order chi connectivity index (χ0) is 20.8. The van der Waals surface area contributed by atoms with Crippen molar-refractivity contribution in [1.29, 1.82) is 0 Å². The highest BCUT2D eigenvalue weighted by molar-refractivity contribution is 7.91. The van der Waals surface area contributed by atoms with Crippen LogP contribution < -0.4 is 0 Å². The van der Waals surface area contributed by atoms with E-state index in [9.17, 15) is 22.8 Å². The van der Waals surface area contributed by atoms with Gasteiger partial charge in [-0.05, 0) is 25.0 Å². The van der Waals surface area contributed by atoms with Crippen molar-refractivity contribution >= 4 is 50.8 Å². The molecular formula is C17H21ClN4O5S2. The molecule has 3 fully saturated rings. The number of rotatable bonds is 5. The molecule has 2 saturated heterocycles. The lowest BCUT2D eigenvalue weighted by Gasteiger charge is -2.35. The van der Waals surface area contributed by atoms with Crippen molar-refractivity contribution in [3.63, 3.8) is 0 Å². The normalized spacial score (nSPS) is 23.0. The highest BCUT2D eigenvalue weighted by Crippen LogP contribution is 2.30. The van der Waals surface area contributed by atoms with E-state index in [4.69, 9.17) is 11.6 Å². The van der Waals surface area contributed by atoms with Crippen LogP contribution in [0.3, 0.4) is 0 Å². The number of piperazine rings is 1. The monoisotopic (exact) mass is 460 g/mol. The van der Waals surface area contributed by atoms with Crippen molar-refractivity contribution < 1.29 is 22.8 Å². The molecule has 4 amide bonds. The molecule has 0 bridgehead atoms. The lowest BCUT2D eigenvalue weighted by atomic mass is 10.2. The minimum absolute atomic E-state index is 0.00859. The van der Waals surface area contributed by atoms with Gasteiger partial charge in [-0.25, -0.2) is 18.1 Å². The Morgan fingerprint density at radius 3 is 2.24 bits per heavy atom.